The highest BCUT2D eigenvalue weighted by atomic mass is 32.2. The van der Waals surface area contributed by atoms with Crippen LogP contribution >= 0.6 is 0 Å². The molecule has 0 aliphatic carbocycles. The number of carbonyl (C=O) groups excluding carboxylic acids is 1. The van der Waals surface area contributed by atoms with Gasteiger partial charge in [-0.3, -0.25) is 4.79 Å². The molecule has 5 heteroatoms. The Labute approximate surface area is 88.5 Å². The van der Waals surface area contributed by atoms with E-state index in [1.54, 1.807) is 18.2 Å². The molecule has 0 aliphatic rings. The van der Waals surface area contributed by atoms with Crippen LogP contribution in [0.25, 0.3) is 0 Å². The second-order valence-corrected chi connectivity index (χ2v) is 4.61. The molecule has 0 atom stereocenters. The van der Waals surface area contributed by atoms with Gasteiger partial charge in [-0.25, -0.2) is 8.42 Å². The molecule has 0 bridgehead atoms. The number of sulfone groups is 1. The summed E-state index contributed by atoms with van der Waals surface area (Å²) < 4.78 is 23.2. The van der Waals surface area contributed by atoms with Crippen LogP contribution < -0.4 is 5.32 Å². The predicted molar refractivity (Wildman–Crippen MR) is 56.8 cm³/mol. The normalized spacial score (nSPS) is 11.5. The van der Waals surface area contributed by atoms with Crippen LogP contribution in [0.1, 0.15) is 0 Å². The van der Waals surface area contributed by atoms with Crippen molar-refractivity contribution in [2.24, 2.45) is 0 Å². The van der Waals surface area contributed by atoms with E-state index in [9.17, 15) is 13.2 Å². The van der Waals surface area contributed by atoms with Gasteiger partial charge in [-0.2, -0.15) is 0 Å². The van der Waals surface area contributed by atoms with E-state index in [0.29, 0.717) is 0 Å². The summed E-state index contributed by atoms with van der Waals surface area (Å²) in [7, 11) is -2.07. The van der Waals surface area contributed by atoms with E-state index < -0.39 is 15.7 Å². The lowest BCUT2D eigenvalue weighted by molar-refractivity contribution is -0.116. The molecule has 0 saturated carbocycles. The first-order chi connectivity index (χ1) is 7.06. The number of hydrogen-bond donors (Lipinski definition) is 1. The van der Waals surface area contributed by atoms with E-state index in [0.717, 1.165) is 11.5 Å². The molecule has 0 aliphatic heterocycles. The summed E-state index contributed by atoms with van der Waals surface area (Å²) >= 11 is 0. The summed E-state index contributed by atoms with van der Waals surface area (Å²) in [6, 6.07) is 7.93. The fourth-order valence-electron chi connectivity index (χ4n) is 0.923. The van der Waals surface area contributed by atoms with Gasteiger partial charge < -0.3 is 5.32 Å². The molecule has 1 aromatic carbocycles. The van der Waals surface area contributed by atoms with E-state index >= 15 is 0 Å². The molecular formula is C10H11NO3S. The lowest BCUT2D eigenvalue weighted by Crippen LogP contribution is -2.14. The zero-order chi connectivity index (χ0) is 11.3. The molecule has 0 heterocycles. The SMILES string of the molecule is CNC(=O)C=CS(=O)(=O)c1ccccc1. The van der Waals surface area contributed by atoms with Gasteiger partial charge in [0.2, 0.25) is 5.91 Å². The average Bonchev–Trinajstić information content (AvgIpc) is 2.27. The fourth-order valence-corrected chi connectivity index (χ4v) is 1.92. The second-order valence-electron chi connectivity index (χ2n) is 2.78. The molecule has 15 heavy (non-hydrogen) atoms. The summed E-state index contributed by atoms with van der Waals surface area (Å²) in [6.07, 6.45) is 0.988. The summed E-state index contributed by atoms with van der Waals surface area (Å²) in [4.78, 5) is 11.0. The Balaban J connectivity index is 2.96. The molecule has 0 fully saturated rings. The first-order valence-corrected chi connectivity index (χ1v) is 5.81. The third-order valence-electron chi connectivity index (χ3n) is 1.72. The Morgan fingerprint density at radius 2 is 1.87 bits per heavy atom. The van der Waals surface area contributed by atoms with Gasteiger partial charge in [0, 0.05) is 18.5 Å². The molecule has 1 N–H and O–H groups in total. The van der Waals surface area contributed by atoms with Crippen LogP contribution in [-0.2, 0) is 14.6 Å². The van der Waals surface area contributed by atoms with Crippen LogP contribution in [0.3, 0.4) is 0 Å². The van der Waals surface area contributed by atoms with Crippen molar-refractivity contribution in [2.75, 3.05) is 7.05 Å². The van der Waals surface area contributed by atoms with Crippen LogP contribution in [0.5, 0.6) is 0 Å². The first-order valence-electron chi connectivity index (χ1n) is 4.26. The number of carbonyl (C=O) groups is 1. The van der Waals surface area contributed by atoms with Gasteiger partial charge in [0.1, 0.15) is 0 Å². The highest BCUT2D eigenvalue weighted by Gasteiger charge is 2.09. The van der Waals surface area contributed by atoms with Gasteiger partial charge in [0.25, 0.3) is 0 Å². The van der Waals surface area contributed by atoms with E-state index in [2.05, 4.69) is 5.32 Å². The van der Waals surface area contributed by atoms with Crippen molar-refractivity contribution in [3.8, 4) is 0 Å². The number of nitrogens with one attached hydrogen (secondary N) is 1. The minimum absolute atomic E-state index is 0.171. The van der Waals surface area contributed by atoms with Crippen LogP contribution in [0, 0.1) is 0 Å². The fraction of sp³-hybridized carbons (Fsp3) is 0.100. The van der Waals surface area contributed by atoms with Gasteiger partial charge in [-0.15, -0.1) is 0 Å². The summed E-state index contributed by atoms with van der Waals surface area (Å²) in [6.45, 7) is 0. The molecule has 0 saturated heterocycles. The monoisotopic (exact) mass is 225 g/mol. The van der Waals surface area contributed by atoms with Crippen LogP contribution in [0.4, 0.5) is 0 Å². The second kappa shape index (κ2) is 4.75. The summed E-state index contributed by atoms with van der Waals surface area (Å²) in [5, 5.41) is 3.19. The molecule has 0 unspecified atom stereocenters. The Bertz CT molecular complexity index is 463. The standard InChI is InChI=1S/C10H11NO3S/c1-11-10(12)7-8-15(13,14)9-5-3-2-4-6-9/h2-8H,1H3,(H,11,12). The Morgan fingerprint density at radius 3 is 2.40 bits per heavy atom. The van der Waals surface area contributed by atoms with Crippen molar-refractivity contribution in [1.82, 2.24) is 5.32 Å². The Morgan fingerprint density at radius 1 is 1.27 bits per heavy atom. The van der Waals surface area contributed by atoms with Crippen LogP contribution in [0.15, 0.2) is 46.7 Å². The number of hydrogen-bond acceptors (Lipinski definition) is 3. The molecule has 1 rings (SSSR count). The van der Waals surface area contributed by atoms with Crippen molar-refractivity contribution in [1.29, 1.82) is 0 Å². The number of benzene rings is 1. The molecular weight excluding hydrogens is 214 g/mol. The van der Waals surface area contributed by atoms with Gasteiger partial charge >= 0.3 is 0 Å². The summed E-state index contributed by atoms with van der Waals surface area (Å²) in [5.41, 5.74) is 0. The molecule has 1 aromatic rings. The van der Waals surface area contributed by atoms with Crippen molar-refractivity contribution in [3.63, 3.8) is 0 Å². The molecule has 4 nitrogen and oxygen atoms in total. The number of amides is 1. The van der Waals surface area contributed by atoms with E-state index in [4.69, 9.17) is 0 Å². The highest BCUT2D eigenvalue weighted by molar-refractivity contribution is 7.94. The molecule has 0 spiro atoms. The molecule has 80 valence electrons. The Kier molecular flexibility index (Phi) is 3.62. The van der Waals surface area contributed by atoms with Gasteiger partial charge in [0.15, 0.2) is 9.84 Å². The predicted octanol–water partition coefficient (Wildman–Crippen LogP) is 0.720. The van der Waals surface area contributed by atoms with Crippen molar-refractivity contribution < 1.29 is 13.2 Å². The van der Waals surface area contributed by atoms with Gasteiger partial charge in [-0.1, -0.05) is 18.2 Å². The molecule has 1 amide bonds. The number of likely N-dealkylation sites (N-methyl/N-ethyl adjacent to an activating group) is 1. The van der Waals surface area contributed by atoms with E-state index in [-0.39, 0.29) is 4.90 Å². The third-order valence-corrected chi connectivity index (χ3v) is 3.14. The highest BCUT2D eigenvalue weighted by Crippen LogP contribution is 2.10. The van der Waals surface area contributed by atoms with Crippen LogP contribution in [-0.4, -0.2) is 21.4 Å². The first kappa shape index (κ1) is 11.5. The van der Waals surface area contributed by atoms with Gasteiger partial charge in [0.05, 0.1) is 4.90 Å². The minimum Gasteiger partial charge on any atom is -0.356 e. The van der Waals surface area contributed by atoms with E-state index in [1.165, 1.54) is 19.2 Å². The topological polar surface area (TPSA) is 63.2 Å². The largest absolute Gasteiger partial charge is 0.356 e. The quantitative estimate of drug-likeness (QED) is 0.771. The maximum Gasteiger partial charge on any atom is 0.244 e. The maximum atomic E-state index is 11.6. The lowest BCUT2D eigenvalue weighted by atomic mass is 10.4. The summed E-state index contributed by atoms with van der Waals surface area (Å²) in [5.74, 6) is -0.450. The third kappa shape index (κ3) is 3.21. The van der Waals surface area contributed by atoms with Crippen LogP contribution in [0.2, 0.25) is 0 Å². The van der Waals surface area contributed by atoms with Crippen molar-refractivity contribution >= 4 is 15.7 Å². The maximum absolute atomic E-state index is 11.6. The smallest absolute Gasteiger partial charge is 0.244 e. The zero-order valence-electron chi connectivity index (χ0n) is 8.17. The minimum atomic E-state index is -3.51. The van der Waals surface area contributed by atoms with Gasteiger partial charge in [-0.05, 0) is 12.1 Å². The van der Waals surface area contributed by atoms with E-state index in [1.807, 2.05) is 0 Å². The Hall–Kier alpha value is -1.62. The van der Waals surface area contributed by atoms with Crippen molar-refractivity contribution in [3.05, 3.63) is 41.8 Å². The lowest BCUT2D eigenvalue weighted by Gasteiger charge is -1.97. The molecule has 0 radical (unpaired) electrons. The number of rotatable bonds is 3. The molecule has 0 aromatic heterocycles. The zero-order valence-corrected chi connectivity index (χ0v) is 8.99. The van der Waals surface area contributed by atoms with Crippen molar-refractivity contribution in [2.45, 2.75) is 4.90 Å². The average molecular weight is 225 g/mol.